The smallest absolute Gasteiger partial charge is 0.223 e. The lowest BCUT2D eigenvalue weighted by Gasteiger charge is -2.27. The van der Waals surface area contributed by atoms with Crippen molar-refractivity contribution in [2.75, 3.05) is 26.2 Å². The normalized spacial score (nSPS) is 14.9. The molecule has 98 valence electrons. The minimum absolute atomic E-state index is 0.0644. The number of benzene rings is 1. The van der Waals surface area contributed by atoms with Gasteiger partial charge in [0, 0.05) is 25.6 Å². The Balaban J connectivity index is 1.60. The van der Waals surface area contributed by atoms with Gasteiger partial charge >= 0.3 is 0 Å². The van der Waals surface area contributed by atoms with Crippen molar-refractivity contribution in [1.82, 2.24) is 10.6 Å². The zero-order valence-corrected chi connectivity index (χ0v) is 10.7. The van der Waals surface area contributed by atoms with Crippen LogP contribution in [0.4, 0.5) is 0 Å². The van der Waals surface area contributed by atoms with Crippen LogP contribution in [0.5, 0.6) is 5.75 Å². The lowest BCUT2D eigenvalue weighted by Crippen LogP contribution is -2.48. The Hall–Kier alpha value is -1.55. The van der Waals surface area contributed by atoms with Crippen LogP contribution in [0, 0.1) is 12.8 Å². The SMILES string of the molecule is Cc1cccc(OCCC(=O)NCC2CNC2)c1. The van der Waals surface area contributed by atoms with Gasteiger partial charge in [0.25, 0.3) is 0 Å². The lowest BCUT2D eigenvalue weighted by atomic mass is 10.0. The van der Waals surface area contributed by atoms with E-state index in [1.807, 2.05) is 31.2 Å². The molecular weight excluding hydrogens is 228 g/mol. The van der Waals surface area contributed by atoms with Crippen molar-refractivity contribution in [2.45, 2.75) is 13.3 Å². The van der Waals surface area contributed by atoms with Gasteiger partial charge in [0.1, 0.15) is 5.75 Å². The summed E-state index contributed by atoms with van der Waals surface area (Å²) in [4.78, 5) is 11.5. The molecule has 2 rings (SSSR count). The molecule has 0 unspecified atom stereocenters. The molecule has 1 aromatic carbocycles. The average Bonchev–Trinajstić information content (AvgIpc) is 2.27. The summed E-state index contributed by atoms with van der Waals surface area (Å²) in [6.07, 6.45) is 0.411. The van der Waals surface area contributed by atoms with E-state index in [-0.39, 0.29) is 5.91 Å². The Morgan fingerprint density at radius 2 is 2.33 bits per heavy atom. The van der Waals surface area contributed by atoms with Gasteiger partial charge in [0.05, 0.1) is 13.0 Å². The highest BCUT2D eigenvalue weighted by Crippen LogP contribution is 2.12. The summed E-state index contributed by atoms with van der Waals surface area (Å²) in [7, 11) is 0. The van der Waals surface area contributed by atoms with Gasteiger partial charge in [-0.05, 0) is 24.6 Å². The highest BCUT2D eigenvalue weighted by Gasteiger charge is 2.16. The van der Waals surface area contributed by atoms with Crippen molar-refractivity contribution in [3.8, 4) is 5.75 Å². The van der Waals surface area contributed by atoms with E-state index in [1.165, 1.54) is 0 Å². The van der Waals surface area contributed by atoms with Crippen molar-refractivity contribution in [3.63, 3.8) is 0 Å². The first-order chi connectivity index (χ1) is 8.74. The van der Waals surface area contributed by atoms with Crippen molar-refractivity contribution < 1.29 is 9.53 Å². The maximum Gasteiger partial charge on any atom is 0.223 e. The number of amides is 1. The van der Waals surface area contributed by atoms with Gasteiger partial charge in [-0.2, -0.15) is 0 Å². The largest absolute Gasteiger partial charge is 0.493 e. The number of hydrogen-bond donors (Lipinski definition) is 2. The summed E-state index contributed by atoms with van der Waals surface area (Å²) in [5.41, 5.74) is 1.16. The molecule has 2 N–H and O–H groups in total. The topological polar surface area (TPSA) is 50.4 Å². The first-order valence-corrected chi connectivity index (χ1v) is 6.41. The average molecular weight is 248 g/mol. The molecule has 1 aliphatic heterocycles. The fraction of sp³-hybridized carbons (Fsp3) is 0.500. The van der Waals surface area contributed by atoms with E-state index < -0.39 is 0 Å². The highest BCUT2D eigenvalue weighted by molar-refractivity contribution is 5.76. The standard InChI is InChI=1S/C14H20N2O2/c1-11-3-2-4-13(7-11)18-6-5-14(17)16-10-12-8-15-9-12/h2-4,7,12,15H,5-6,8-10H2,1H3,(H,16,17). The molecule has 1 fully saturated rings. The van der Waals surface area contributed by atoms with E-state index >= 15 is 0 Å². The van der Waals surface area contributed by atoms with E-state index in [2.05, 4.69) is 10.6 Å². The highest BCUT2D eigenvalue weighted by atomic mass is 16.5. The summed E-state index contributed by atoms with van der Waals surface area (Å²) < 4.78 is 5.53. The second kappa shape index (κ2) is 6.40. The van der Waals surface area contributed by atoms with Crippen molar-refractivity contribution in [2.24, 2.45) is 5.92 Å². The number of aryl methyl sites for hydroxylation is 1. The van der Waals surface area contributed by atoms with Crippen LogP contribution in [0.25, 0.3) is 0 Å². The second-order valence-corrected chi connectivity index (χ2v) is 4.74. The number of hydrogen-bond acceptors (Lipinski definition) is 3. The number of nitrogens with one attached hydrogen (secondary N) is 2. The third-order valence-corrected chi connectivity index (χ3v) is 3.04. The monoisotopic (exact) mass is 248 g/mol. The van der Waals surface area contributed by atoms with E-state index in [4.69, 9.17) is 4.74 Å². The van der Waals surface area contributed by atoms with Gasteiger partial charge in [-0.15, -0.1) is 0 Å². The molecule has 1 aliphatic rings. The Morgan fingerprint density at radius 3 is 3.00 bits per heavy atom. The maximum absolute atomic E-state index is 11.5. The van der Waals surface area contributed by atoms with E-state index in [9.17, 15) is 4.79 Å². The van der Waals surface area contributed by atoms with Crippen LogP contribution >= 0.6 is 0 Å². The third-order valence-electron chi connectivity index (χ3n) is 3.04. The molecule has 1 amide bonds. The summed E-state index contributed by atoms with van der Waals surface area (Å²) in [5.74, 6) is 1.49. The minimum Gasteiger partial charge on any atom is -0.493 e. The fourth-order valence-electron chi connectivity index (χ4n) is 1.81. The molecule has 1 saturated heterocycles. The molecule has 0 radical (unpaired) electrons. The Kier molecular flexibility index (Phi) is 4.59. The van der Waals surface area contributed by atoms with Crippen LogP contribution in [0.15, 0.2) is 24.3 Å². The molecule has 0 atom stereocenters. The van der Waals surface area contributed by atoms with Gasteiger partial charge in [-0.25, -0.2) is 0 Å². The van der Waals surface area contributed by atoms with Crippen molar-refractivity contribution in [3.05, 3.63) is 29.8 Å². The Labute approximate surface area is 108 Å². The third kappa shape index (κ3) is 4.04. The summed E-state index contributed by atoms with van der Waals surface area (Å²) in [6.45, 7) is 5.25. The van der Waals surface area contributed by atoms with Gasteiger partial charge < -0.3 is 15.4 Å². The van der Waals surface area contributed by atoms with E-state index in [1.54, 1.807) is 0 Å². The van der Waals surface area contributed by atoms with Gasteiger partial charge in [-0.1, -0.05) is 12.1 Å². The molecule has 4 nitrogen and oxygen atoms in total. The molecule has 0 aromatic heterocycles. The number of ether oxygens (including phenoxy) is 1. The molecule has 18 heavy (non-hydrogen) atoms. The maximum atomic E-state index is 11.5. The molecule has 0 aliphatic carbocycles. The minimum atomic E-state index is 0.0644. The quantitative estimate of drug-likeness (QED) is 0.792. The van der Waals surface area contributed by atoms with Crippen molar-refractivity contribution in [1.29, 1.82) is 0 Å². The molecule has 1 heterocycles. The number of carbonyl (C=O) groups excluding carboxylic acids is 1. The molecule has 0 saturated carbocycles. The molecule has 0 spiro atoms. The van der Waals surface area contributed by atoms with Crippen LogP contribution in [-0.2, 0) is 4.79 Å². The van der Waals surface area contributed by atoms with Gasteiger partial charge in [-0.3, -0.25) is 4.79 Å². The zero-order valence-electron chi connectivity index (χ0n) is 10.7. The van der Waals surface area contributed by atoms with Crippen LogP contribution in [-0.4, -0.2) is 32.1 Å². The summed E-state index contributed by atoms with van der Waals surface area (Å²) in [6, 6.07) is 7.85. The van der Waals surface area contributed by atoms with E-state index in [0.29, 0.717) is 18.9 Å². The van der Waals surface area contributed by atoms with E-state index in [0.717, 1.165) is 30.9 Å². The predicted octanol–water partition coefficient (Wildman–Crippen LogP) is 1.10. The number of carbonyl (C=O) groups is 1. The fourth-order valence-corrected chi connectivity index (χ4v) is 1.81. The van der Waals surface area contributed by atoms with Crippen molar-refractivity contribution >= 4 is 5.91 Å². The Bertz CT molecular complexity index is 403. The van der Waals surface area contributed by atoms with Crippen LogP contribution < -0.4 is 15.4 Å². The van der Waals surface area contributed by atoms with Crippen LogP contribution in [0.1, 0.15) is 12.0 Å². The molecule has 4 heteroatoms. The first kappa shape index (κ1) is 12.9. The predicted molar refractivity (Wildman–Crippen MR) is 70.7 cm³/mol. The van der Waals surface area contributed by atoms with Gasteiger partial charge in [0.15, 0.2) is 0 Å². The first-order valence-electron chi connectivity index (χ1n) is 6.41. The zero-order chi connectivity index (χ0) is 12.8. The van der Waals surface area contributed by atoms with Gasteiger partial charge in [0.2, 0.25) is 5.91 Å². The lowest BCUT2D eigenvalue weighted by molar-refractivity contribution is -0.121. The van der Waals surface area contributed by atoms with Crippen LogP contribution in [0.2, 0.25) is 0 Å². The molecular formula is C14H20N2O2. The van der Waals surface area contributed by atoms with Crippen LogP contribution in [0.3, 0.4) is 0 Å². The summed E-state index contributed by atoms with van der Waals surface area (Å²) >= 11 is 0. The molecule has 1 aromatic rings. The summed E-state index contributed by atoms with van der Waals surface area (Å²) in [5, 5.41) is 6.10. The second-order valence-electron chi connectivity index (χ2n) is 4.74. The Morgan fingerprint density at radius 1 is 1.50 bits per heavy atom. The molecule has 0 bridgehead atoms. The number of rotatable bonds is 6.